The van der Waals surface area contributed by atoms with Gasteiger partial charge in [-0.3, -0.25) is 10.1 Å². The van der Waals surface area contributed by atoms with Crippen molar-refractivity contribution in [3.8, 4) is 11.5 Å². The molecule has 5 nitrogen and oxygen atoms in total. The van der Waals surface area contributed by atoms with Crippen LogP contribution in [0.5, 0.6) is 11.5 Å². The smallest absolute Gasteiger partial charge is 0.235 e. The molecule has 0 amide bonds. The summed E-state index contributed by atoms with van der Waals surface area (Å²) in [5.41, 5.74) is 0.583. The fourth-order valence-electron chi connectivity index (χ4n) is 1.23. The van der Waals surface area contributed by atoms with Crippen LogP contribution in [0.15, 0.2) is 22.8 Å². The molecule has 0 aliphatic rings. The third-order valence-electron chi connectivity index (χ3n) is 1.88. The summed E-state index contributed by atoms with van der Waals surface area (Å²) >= 11 is 3.30. The normalized spacial score (nSPS) is 10.4. The van der Waals surface area contributed by atoms with E-state index in [-0.39, 0.29) is 0 Å². The van der Waals surface area contributed by atoms with E-state index in [1.807, 2.05) is 0 Å². The van der Waals surface area contributed by atoms with Gasteiger partial charge < -0.3 is 9.47 Å². The van der Waals surface area contributed by atoms with E-state index >= 15 is 0 Å². The number of halogens is 1. The predicted octanol–water partition coefficient (Wildman–Crippen LogP) is 2.71. The third-order valence-corrected chi connectivity index (χ3v) is 2.50. The molecule has 1 rings (SSSR count). The van der Waals surface area contributed by atoms with E-state index in [1.165, 1.54) is 20.3 Å². The number of benzene rings is 1. The van der Waals surface area contributed by atoms with Crippen molar-refractivity contribution in [3.05, 3.63) is 38.5 Å². The van der Waals surface area contributed by atoms with Crippen LogP contribution < -0.4 is 9.47 Å². The number of nitro groups is 1. The molecule has 6 heteroatoms. The summed E-state index contributed by atoms with van der Waals surface area (Å²) in [5, 5.41) is 10.2. The van der Waals surface area contributed by atoms with Gasteiger partial charge in [0, 0.05) is 11.6 Å². The Labute approximate surface area is 101 Å². The Morgan fingerprint density at radius 3 is 2.44 bits per heavy atom. The van der Waals surface area contributed by atoms with Crippen molar-refractivity contribution in [3.63, 3.8) is 0 Å². The van der Waals surface area contributed by atoms with Crippen LogP contribution in [0.25, 0.3) is 6.08 Å². The highest BCUT2D eigenvalue weighted by Crippen LogP contribution is 2.38. The van der Waals surface area contributed by atoms with Crippen molar-refractivity contribution in [2.45, 2.75) is 0 Å². The van der Waals surface area contributed by atoms with Gasteiger partial charge in [-0.1, -0.05) is 0 Å². The molecule has 0 unspecified atom stereocenters. The number of rotatable bonds is 4. The topological polar surface area (TPSA) is 61.6 Å². The minimum Gasteiger partial charge on any atom is -0.492 e. The quantitative estimate of drug-likeness (QED) is 0.631. The summed E-state index contributed by atoms with van der Waals surface area (Å²) in [6.45, 7) is 0. The summed E-state index contributed by atoms with van der Waals surface area (Å²) < 4.78 is 11.0. The summed E-state index contributed by atoms with van der Waals surface area (Å²) in [5.74, 6) is 0.961. The van der Waals surface area contributed by atoms with E-state index in [4.69, 9.17) is 9.47 Å². The monoisotopic (exact) mass is 287 g/mol. The maximum Gasteiger partial charge on any atom is 0.235 e. The molecule has 0 saturated heterocycles. The summed E-state index contributed by atoms with van der Waals surface area (Å²) in [6.07, 6.45) is 2.21. The molecule has 16 heavy (non-hydrogen) atoms. The number of methoxy groups -OCH3 is 2. The summed E-state index contributed by atoms with van der Waals surface area (Å²) in [4.78, 5) is 9.70. The molecule has 0 N–H and O–H groups in total. The Morgan fingerprint density at radius 2 is 1.94 bits per heavy atom. The fraction of sp³-hybridized carbons (Fsp3) is 0.200. The van der Waals surface area contributed by atoms with Gasteiger partial charge in [-0.2, -0.15) is 0 Å². The lowest BCUT2D eigenvalue weighted by molar-refractivity contribution is -0.400. The van der Waals surface area contributed by atoms with Crippen LogP contribution >= 0.6 is 15.9 Å². The van der Waals surface area contributed by atoms with Crippen molar-refractivity contribution in [1.82, 2.24) is 0 Å². The molecule has 0 heterocycles. The van der Waals surface area contributed by atoms with E-state index in [2.05, 4.69) is 15.9 Å². The molecule has 0 spiro atoms. The largest absolute Gasteiger partial charge is 0.492 e. The Balaban J connectivity index is 3.24. The van der Waals surface area contributed by atoms with E-state index in [1.54, 1.807) is 12.1 Å². The van der Waals surface area contributed by atoms with Gasteiger partial charge in [-0.25, -0.2) is 0 Å². The molecule has 0 bridgehead atoms. The first kappa shape index (κ1) is 12.5. The molecule has 0 aromatic heterocycles. The molecule has 1 aromatic rings. The molecule has 1 aromatic carbocycles. The van der Waals surface area contributed by atoms with E-state index in [9.17, 15) is 10.1 Å². The Hall–Kier alpha value is -1.56. The zero-order chi connectivity index (χ0) is 12.1. The maximum absolute atomic E-state index is 10.2. The van der Waals surface area contributed by atoms with Crippen molar-refractivity contribution in [2.24, 2.45) is 0 Å². The second-order valence-corrected chi connectivity index (χ2v) is 3.66. The van der Waals surface area contributed by atoms with Gasteiger partial charge >= 0.3 is 0 Å². The summed E-state index contributed by atoms with van der Waals surface area (Å²) in [6, 6.07) is 3.44. The van der Waals surface area contributed by atoms with Gasteiger partial charge in [-0.15, -0.1) is 0 Å². The highest BCUT2D eigenvalue weighted by Gasteiger charge is 2.12. The van der Waals surface area contributed by atoms with Crippen LogP contribution in [0.3, 0.4) is 0 Å². The molecule has 0 aliphatic carbocycles. The van der Waals surface area contributed by atoms with E-state index in [0.717, 1.165) is 10.7 Å². The molecule has 0 atom stereocenters. The number of nitrogens with zero attached hydrogens (tertiary/aromatic N) is 1. The van der Waals surface area contributed by atoms with Crippen LogP contribution in [-0.4, -0.2) is 19.1 Å². The first-order chi connectivity index (χ1) is 7.60. The van der Waals surface area contributed by atoms with Gasteiger partial charge in [0.25, 0.3) is 0 Å². The Bertz CT molecular complexity index is 431. The molecule has 0 aliphatic heterocycles. The summed E-state index contributed by atoms with van der Waals surface area (Å²) in [7, 11) is 2.98. The third kappa shape index (κ3) is 2.73. The van der Waals surface area contributed by atoms with Gasteiger partial charge in [-0.05, 0) is 28.1 Å². The Morgan fingerprint density at radius 1 is 1.31 bits per heavy atom. The first-order valence-electron chi connectivity index (χ1n) is 4.32. The van der Waals surface area contributed by atoms with Crippen LogP contribution in [0.1, 0.15) is 5.56 Å². The lowest BCUT2D eigenvalue weighted by atomic mass is 10.2. The lowest BCUT2D eigenvalue weighted by Gasteiger charge is -2.11. The van der Waals surface area contributed by atoms with Crippen LogP contribution in [-0.2, 0) is 0 Å². The van der Waals surface area contributed by atoms with E-state index < -0.39 is 4.92 Å². The van der Waals surface area contributed by atoms with Crippen molar-refractivity contribution in [1.29, 1.82) is 0 Å². The second kappa shape index (κ2) is 5.50. The highest BCUT2D eigenvalue weighted by molar-refractivity contribution is 9.10. The minimum absolute atomic E-state index is 0.454. The van der Waals surface area contributed by atoms with Gasteiger partial charge in [0.2, 0.25) is 6.20 Å². The lowest BCUT2D eigenvalue weighted by Crippen LogP contribution is -1.94. The predicted molar refractivity (Wildman–Crippen MR) is 63.3 cm³/mol. The zero-order valence-corrected chi connectivity index (χ0v) is 10.4. The minimum atomic E-state index is -0.534. The number of hydrogen-bond acceptors (Lipinski definition) is 4. The average molecular weight is 288 g/mol. The molecule has 0 saturated carbocycles. The van der Waals surface area contributed by atoms with Crippen molar-refractivity contribution in [2.75, 3.05) is 14.2 Å². The first-order valence-corrected chi connectivity index (χ1v) is 5.11. The van der Waals surface area contributed by atoms with Crippen molar-refractivity contribution < 1.29 is 14.4 Å². The van der Waals surface area contributed by atoms with Crippen LogP contribution in [0, 0.1) is 10.1 Å². The molecular formula is C10H10BrNO4. The number of ether oxygens (including phenoxy) is 2. The molecular weight excluding hydrogens is 278 g/mol. The maximum atomic E-state index is 10.2. The highest BCUT2D eigenvalue weighted by atomic mass is 79.9. The van der Waals surface area contributed by atoms with E-state index in [0.29, 0.717) is 17.1 Å². The molecule has 86 valence electrons. The molecule has 0 fully saturated rings. The standard InChI is InChI=1S/C10H10BrNO4/c1-15-9-7(5-6-12(13)14)3-4-8(11)10(9)16-2/h3-6H,1-2H3. The SMILES string of the molecule is COc1c(Br)ccc(C=C[N+](=O)[O-])c1OC. The average Bonchev–Trinajstić information content (AvgIpc) is 2.26. The number of hydrogen-bond donors (Lipinski definition) is 0. The van der Waals surface area contributed by atoms with Crippen LogP contribution in [0.4, 0.5) is 0 Å². The van der Waals surface area contributed by atoms with Gasteiger partial charge in [0.15, 0.2) is 11.5 Å². The zero-order valence-electron chi connectivity index (χ0n) is 8.77. The Kier molecular flexibility index (Phi) is 4.30. The fourth-order valence-corrected chi connectivity index (χ4v) is 1.70. The van der Waals surface area contributed by atoms with Crippen LogP contribution in [0.2, 0.25) is 0 Å². The van der Waals surface area contributed by atoms with Gasteiger partial charge in [0.05, 0.1) is 23.6 Å². The van der Waals surface area contributed by atoms with Crippen molar-refractivity contribution >= 4 is 22.0 Å². The van der Waals surface area contributed by atoms with Gasteiger partial charge in [0.1, 0.15) is 0 Å². The molecule has 0 radical (unpaired) electrons. The second-order valence-electron chi connectivity index (χ2n) is 2.80.